The number of thioether (sulfide) groups is 1. The number of nitrogens with one attached hydrogen (secondary N) is 1. The van der Waals surface area contributed by atoms with Gasteiger partial charge in [0.2, 0.25) is 0 Å². The molecule has 0 fully saturated rings. The van der Waals surface area contributed by atoms with Crippen molar-refractivity contribution < 1.29 is 14.3 Å². The average Bonchev–Trinajstić information content (AvgIpc) is 3.24. The predicted molar refractivity (Wildman–Crippen MR) is 119 cm³/mol. The van der Waals surface area contributed by atoms with Crippen LogP contribution in [-0.4, -0.2) is 35.3 Å². The van der Waals surface area contributed by atoms with Crippen molar-refractivity contribution in [1.29, 1.82) is 0 Å². The second-order valence-corrected chi connectivity index (χ2v) is 7.72. The molecule has 0 unspecified atom stereocenters. The molecule has 0 bridgehead atoms. The number of aryl methyl sites for hydroxylation is 1. The van der Waals surface area contributed by atoms with Gasteiger partial charge in [0.25, 0.3) is 5.91 Å². The Morgan fingerprint density at radius 1 is 1.14 bits per heavy atom. The van der Waals surface area contributed by atoms with Gasteiger partial charge in [0, 0.05) is 11.8 Å². The van der Waals surface area contributed by atoms with Gasteiger partial charge in [-0.3, -0.25) is 4.79 Å². The minimum Gasteiger partial charge on any atom is -0.490 e. The standard InChI is InChI=1S/C21H23N3O3S2/c1-5-26-15-10-9-14(12-16(15)27-6-2)23-20(25)18-13(3)22-19(24-21(18)28-4)17-8-7-11-29-17/h7-12H,5-6H2,1-4H3,(H,23,25). The van der Waals surface area contributed by atoms with Crippen LogP contribution in [0.5, 0.6) is 11.5 Å². The number of thiophene rings is 1. The second kappa shape index (κ2) is 9.76. The molecule has 8 heteroatoms. The number of amides is 1. The van der Waals surface area contributed by atoms with E-state index in [0.717, 1.165) is 4.88 Å². The van der Waals surface area contributed by atoms with E-state index in [0.29, 0.717) is 52.5 Å². The van der Waals surface area contributed by atoms with Gasteiger partial charge in [0.05, 0.1) is 29.3 Å². The maximum absolute atomic E-state index is 13.0. The molecule has 3 rings (SSSR count). The van der Waals surface area contributed by atoms with Crippen molar-refractivity contribution in [3.8, 4) is 22.2 Å². The van der Waals surface area contributed by atoms with Crippen molar-refractivity contribution in [2.24, 2.45) is 0 Å². The fraction of sp³-hybridized carbons (Fsp3) is 0.286. The summed E-state index contributed by atoms with van der Waals surface area (Å²) in [6.07, 6.45) is 1.90. The van der Waals surface area contributed by atoms with E-state index in [1.807, 2.05) is 44.5 Å². The first-order valence-corrected chi connectivity index (χ1v) is 11.3. The number of carbonyl (C=O) groups is 1. The van der Waals surface area contributed by atoms with Crippen LogP contribution in [0.1, 0.15) is 29.9 Å². The summed E-state index contributed by atoms with van der Waals surface area (Å²) in [7, 11) is 0. The van der Waals surface area contributed by atoms with Crippen LogP contribution in [0.25, 0.3) is 10.7 Å². The van der Waals surface area contributed by atoms with Crippen molar-refractivity contribution in [2.75, 3.05) is 24.8 Å². The van der Waals surface area contributed by atoms with E-state index in [9.17, 15) is 4.79 Å². The third-order valence-electron chi connectivity index (χ3n) is 4.02. The minimum atomic E-state index is -0.254. The Morgan fingerprint density at radius 3 is 2.55 bits per heavy atom. The highest BCUT2D eigenvalue weighted by Gasteiger charge is 2.20. The first-order valence-electron chi connectivity index (χ1n) is 9.24. The molecule has 1 aromatic carbocycles. The highest BCUT2D eigenvalue weighted by molar-refractivity contribution is 7.98. The first kappa shape index (κ1) is 21.1. The van der Waals surface area contributed by atoms with Gasteiger partial charge < -0.3 is 14.8 Å². The molecule has 0 saturated carbocycles. The molecule has 6 nitrogen and oxygen atoms in total. The molecule has 0 saturated heterocycles. The fourth-order valence-corrected chi connectivity index (χ4v) is 4.07. The van der Waals surface area contributed by atoms with Crippen molar-refractivity contribution in [3.05, 3.63) is 47.0 Å². The van der Waals surface area contributed by atoms with Gasteiger partial charge in [-0.05, 0) is 50.6 Å². The maximum atomic E-state index is 13.0. The molecule has 2 heterocycles. The van der Waals surface area contributed by atoms with E-state index in [2.05, 4.69) is 15.3 Å². The van der Waals surface area contributed by atoms with Gasteiger partial charge >= 0.3 is 0 Å². The minimum absolute atomic E-state index is 0.254. The van der Waals surface area contributed by atoms with Gasteiger partial charge in [-0.1, -0.05) is 6.07 Å². The average molecular weight is 430 g/mol. The number of ether oxygens (including phenoxy) is 2. The largest absolute Gasteiger partial charge is 0.490 e. The highest BCUT2D eigenvalue weighted by atomic mass is 32.2. The highest BCUT2D eigenvalue weighted by Crippen LogP contribution is 2.32. The predicted octanol–water partition coefficient (Wildman–Crippen LogP) is 5.29. The number of rotatable bonds is 8. The lowest BCUT2D eigenvalue weighted by molar-refractivity contribution is 0.102. The Balaban J connectivity index is 1.90. The lowest BCUT2D eigenvalue weighted by Gasteiger charge is -2.14. The third kappa shape index (κ3) is 4.89. The second-order valence-electron chi connectivity index (χ2n) is 5.98. The van der Waals surface area contributed by atoms with E-state index < -0.39 is 0 Å². The third-order valence-corrected chi connectivity index (χ3v) is 5.57. The summed E-state index contributed by atoms with van der Waals surface area (Å²) in [5, 5.41) is 5.56. The number of aromatic nitrogens is 2. The molecule has 2 aromatic heterocycles. The monoisotopic (exact) mass is 429 g/mol. The molecule has 0 aliphatic carbocycles. The van der Waals surface area contributed by atoms with E-state index in [4.69, 9.17) is 9.47 Å². The quantitative estimate of drug-likeness (QED) is 0.388. The van der Waals surface area contributed by atoms with Crippen molar-refractivity contribution in [2.45, 2.75) is 25.8 Å². The van der Waals surface area contributed by atoms with E-state index in [1.54, 1.807) is 29.5 Å². The Bertz CT molecular complexity index is 991. The Morgan fingerprint density at radius 2 is 1.90 bits per heavy atom. The lowest BCUT2D eigenvalue weighted by atomic mass is 10.2. The molecule has 1 N–H and O–H groups in total. The first-order chi connectivity index (χ1) is 14.1. The van der Waals surface area contributed by atoms with Gasteiger partial charge in [-0.25, -0.2) is 9.97 Å². The Kier molecular flexibility index (Phi) is 7.11. The van der Waals surface area contributed by atoms with Crippen LogP contribution < -0.4 is 14.8 Å². The molecule has 0 aliphatic rings. The summed E-state index contributed by atoms with van der Waals surface area (Å²) in [5.41, 5.74) is 1.74. The van der Waals surface area contributed by atoms with Crippen LogP contribution in [-0.2, 0) is 0 Å². The molecule has 0 aliphatic heterocycles. The number of hydrogen-bond donors (Lipinski definition) is 1. The van der Waals surface area contributed by atoms with Crippen LogP contribution in [0.3, 0.4) is 0 Å². The molecule has 29 heavy (non-hydrogen) atoms. The zero-order chi connectivity index (χ0) is 20.8. The fourth-order valence-electron chi connectivity index (χ4n) is 2.79. The summed E-state index contributed by atoms with van der Waals surface area (Å²) < 4.78 is 11.2. The molecular formula is C21H23N3O3S2. The summed E-state index contributed by atoms with van der Waals surface area (Å²) >= 11 is 3.00. The number of carbonyl (C=O) groups excluding carboxylic acids is 1. The Labute approximate surface area is 178 Å². The number of hydrogen-bond acceptors (Lipinski definition) is 7. The molecule has 0 radical (unpaired) electrons. The zero-order valence-electron chi connectivity index (χ0n) is 16.8. The summed E-state index contributed by atoms with van der Waals surface area (Å²) in [5.74, 6) is 1.63. The molecule has 0 spiro atoms. The van der Waals surface area contributed by atoms with E-state index in [-0.39, 0.29) is 5.91 Å². The maximum Gasteiger partial charge on any atom is 0.260 e. The van der Waals surface area contributed by atoms with Crippen LogP contribution >= 0.6 is 23.1 Å². The topological polar surface area (TPSA) is 73.3 Å². The van der Waals surface area contributed by atoms with Crippen molar-refractivity contribution in [1.82, 2.24) is 9.97 Å². The molecular weight excluding hydrogens is 406 g/mol. The molecule has 152 valence electrons. The molecule has 0 atom stereocenters. The number of nitrogens with zero attached hydrogens (tertiary/aromatic N) is 2. The van der Waals surface area contributed by atoms with Gasteiger partial charge in [-0.15, -0.1) is 23.1 Å². The van der Waals surface area contributed by atoms with Crippen molar-refractivity contribution >= 4 is 34.7 Å². The number of anilines is 1. The van der Waals surface area contributed by atoms with E-state index >= 15 is 0 Å². The normalized spacial score (nSPS) is 10.6. The smallest absolute Gasteiger partial charge is 0.260 e. The number of benzene rings is 1. The van der Waals surface area contributed by atoms with Gasteiger partial charge in [0.1, 0.15) is 5.03 Å². The van der Waals surface area contributed by atoms with Crippen molar-refractivity contribution in [3.63, 3.8) is 0 Å². The van der Waals surface area contributed by atoms with Crippen LogP contribution in [0.15, 0.2) is 40.7 Å². The van der Waals surface area contributed by atoms with Crippen LogP contribution in [0.2, 0.25) is 0 Å². The van der Waals surface area contributed by atoms with Crippen LogP contribution in [0.4, 0.5) is 5.69 Å². The van der Waals surface area contributed by atoms with E-state index in [1.165, 1.54) is 11.8 Å². The summed E-state index contributed by atoms with van der Waals surface area (Å²) in [6, 6.07) is 9.28. The SMILES string of the molecule is CCOc1ccc(NC(=O)c2c(C)nc(-c3cccs3)nc2SC)cc1OCC. The summed E-state index contributed by atoms with van der Waals surface area (Å²) in [6.45, 7) is 6.69. The van der Waals surface area contributed by atoms with Gasteiger partial charge in [0.15, 0.2) is 17.3 Å². The summed E-state index contributed by atoms with van der Waals surface area (Å²) in [4.78, 5) is 23.1. The Hall–Kier alpha value is -2.58. The molecule has 3 aromatic rings. The molecule has 1 amide bonds. The zero-order valence-corrected chi connectivity index (χ0v) is 18.4. The van der Waals surface area contributed by atoms with Gasteiger partial charge in [-0.2, -0.15) is 0 Å². The van der Waals surface area contributed by atoms with Crippen LogP contribution in [0, 0.1) is 6.92 Å². The lowest BCUT2D eigenvalue weighted by Crippen LogP contribution is -2.17.